The zero-order valence-electron chi connectivity index (χ0n) is 16.2. The third-order valence-corrected chi connectivity index (χ3v) is 4.62. The molecule has 1 saturated heterocycles. The Bertz CT molecular complexity index is 616. The fraction of sp³-hybridized carbons (Fsp3) is 0.579. The molecule has 0 bridgehead atoms. The van der Waals surface area contributed by atoms with Gasteiger partial charge in [0, 0.05) is 31.2 Å². The van der Waals surface area contributed by atoms with Crippen LogP contribution in [0.4, 0.5) is 0 Å². The molecule has 1 amide bonds. The molecule has 0 radical (unpaired) electrons. The van der Waals surface area contributed by atoms with Crippen molar-refractivity contribution in [1.82, 2.24) is 15.5 Å². The van der Waals surface area contributed by atoms with Gasteiger partial charge in [0.1, 0.15) is 0 Å². The minimum atomic E-state index is -0.0138. The van der Waals surface area contributed by atoms with Gasteiger partial charge in [-0.25, -0.2) is 4.99 Å². The van der Waals surface area contributed by atoms with Crippen molar-refractivity contribution in [1.29, 1.82) is 0 Å². The second kappa shape index (κ2) is 11.3. The van der Waals surface area contributed by atoms with E-state index in [1.807, 2.05) is 31.2 Å². The molecule has 2 N–H and O–H groups in total. The number of amides is 1. The minimum absolute atomic E-state index is 0.0138. The second-order valence-corrected chi connectivity index (χ2v) is 7.71. The van der Waals surface area contributed by atoms with Gasteiger partial charge in [-0.1, -0.05) is 28.1 Å². The molecule has 0 aliphatic carbocycles. The van der Waals surface area contributed by atoms with E-state index in [9.17, 15) is 4.79 Å². The van der Waals surface area contributed by atoms with Crippen molar-refractivity contribution in [2.75, 3.05) is 40.5 Å². The van der Waals surface area contributed by atoms with Gasteiger partial charge in [-0.05, 0) is 31.0 Å². The van der Waals surface area contributed by atoms with Crippen molar-refractivity contribution in [3.05, 3.63) is 34.3 Å². The highest BCUT2D eigenvalue weighted by molar-refractivity contribution is 9.10. The molecule has 1 aromatic carbocycles. The van der Waals surface area contributed by atoms with Crippen LogP contribution in [0, 0.1) is 0 Å². The first kappa shape index (κ1) is 21.7. The summed E-state index contributed by atoms with van der Waals surface area (Å²) in [5.74, 6) is 0.576. The average Bonchev–Trinajstić information content (AvgIpc) is 3.16. The number of aliphatic imine (C=N–C) groups is 1. The van der Waals surface area contributed by atoms with E-state index in [1.165, 1.54) is 0 Å². The van der Waals surface area contributed by atoms with Crippen LogP contribution >= 0.6 is 15.9 Å². The lowest BCUT2D eigenvalue weighted by molar-refractivity contribution is -0.127. The van der Waals surface area contributed by atoms with E-state index in [-0.39, 0.29) is 24.6 Å². The Morgan fingerprint density at radius 2 is 2.15 bits per heavy atom. The van der Waals surface area contributed by atoms with Crippen molar-refractivity contribution in [3.8, 4) is 0 Å². The Kier molecular flexibility index (Phi) is 9.03. The molecule has 1 aliphatic rings. The lowest BCUT2D eigenvalue weighted by atomic mass is 10.2. The highest BCUT2D eigenvalue weighted by atomic mass is 79.9. The molecule has 1 heterocycles. The molecule has 1 fully saturated rings. The summed E-state index contributed by atoms with van der Waals surface area (Å²) in [6, 6.07) is 8.06. The Morgan fingerprint density at radius 3 is 2.78 bits per heavy atom. The summed E-state index contributed by atoms with van der Waals surface area (Å²) in [6.07, 6.45) is 1.10. The normalized spacial score (nSPS) is 18.2. The fourth-order valence-corrected chi connectivity index (χ4v) is 2.69. The monoisotopic (exact) mass is 440 g/mol. The van der Waals surface area contributed by atoms with E-state index >= 15 is 0 Å². The Balaban J connectivity index is 1.91. The molecule has 1 aromatic rings. The SMILES string of the molecule is CC(COC1CCOC1)NC(=NCc1ccc(Br)cc1)NCC(=O)N(C)C. The van der Waals surface area contributed by atoms with Crippen molar-refractivity contribution in [3.63, 3.8) is 0 Å². The first-order valence-electron chi connectivity index (χ1n) is 9.13. The number of hydrogen-bond donors (Lipinski definition) is 2. The smallest absolute Gasteiger partial charge is 0.241 e. The highest BCUT2D eigenvalue weighted by Crippen LogP contribution is 2.11. The van der Waals surface area contributed by atoms with Gasteiger partial charge in [-0.15, -0.1) is 0 Å². The van der Waals surface area contributed by atoms with Gasteiger partial charge in [0.2, 0.25) is 5.91 Å². The maximum absolute atomic E-state index is 11.9. The summed E-state index contributed by atoms with van der Waals surface area (Å²) in [7, 11) is 3.46. The molecule has 0 spiro atoms. The number of nitrogens with zero attached hydrogens (tertiary/aromatic N) is 2. The fourth-order valence-electron chi connectivity index (χ4n) is 2.43. The number of benzene rings is 1. The number of likely N-dealkylation sites (N-methyl/N-ethyl adjacent to an activating group) is 1. The van der Waals surface area contributed by atoms with Crippen LogP contribution in [0.5, 0.6) is 0 Å². The van der Waals surface area contributed by atoms with Crippen LogP contribution in [-0.4, -0.2) is 69.4 Å². The number of carbonyl (C=O) groups excluding carboxylic acids is 1. The van der Waals surface area contributed by atoms with Crippen LogP contribution in [-0.2, 0) is 20.8 Å². The van der Waals surface area contributed by atoms with Crippen LogP contribution < -0.4 is 10.6 Å². The van der Waals surface area contributed by atoms with Gasteiger partial charge in [-0.3, -0.25) is 4.79 Å². The Hall–Kier alpha value is -1.64. The first-order chi connectivity index (χ1) is 12.9. The molecule has 2 unspecified atom stereocenters. The van der Waals surface area contributed by atoms with Gasteiger partial charge in [0.05, 0.1) is 32.4 Å². The Morgan fingerprint density at radius 1 is 1.41 bits per heavy atom. The number of guanidine groups is 1. The van der Waals surface area contributed by atoms with E-state index < -0.39 is 0 Å². The molecule has 2 atom stereocenters. The van der Waals surface area contributed by atoms with Gasteiger partial charge >= 0.3 is 0 Å². The van der Waals surface area contributed by atoms with Gasteiger partial charge in [0.15, 0.2) is 5.96 Å². The molecular weight excluding hydrogens is 412 g/mol. The third-order valence-electron chi connectivity index (χ3n) is 4.09. The lowest BCUT2D eigenvalue weighted by Gasteiger charge is -2.20. The largest absolute Gasteiger partial charge is 0.379 e. The molecule has 1 aliphatic heterocycles. The molecule has 2 rings (SSSR count). The van der Waals surface area contributed by atoms with Crippen LogP contribution in [0.15, 0.2) is 33.7 Å². The van der Waals surface area contributed by atoms with Crippen molar-refractivity contribution in [2.45, 2.75) is 32.0 Å². The Labute approximate surface area is 169 Å². The van der Waals surface area contributed by atoms with Crippen molar-refractivity contribution >= 4 is 27.8 Å². The summed E-state index contributed by atoms with van der Waals surface area (Å²) in [4.78, 5) is 18.0. The number of ether oxygens (including phenoxy) is 2. The van der Waals surface area contributed by atoms with E-state index in [2.05, 4.69) is 31.6 Å². The van der Waals surface area contributed by atoms with Gasteiger partial charge in [-0.2, -0.15) is 0 Å². The van der Waals surface area contributed by atoms with Crippen LogP contribution in [0.3, 0.4) is 0 Å². The van der Waals surface area contributed by atoms with Crippen LogP contribution in [0.2, 0.25) is 0 Å². The topological polar surface area (TPSA) is 75.2 Å². The molecule has 8 heteroatoms. The molecule has 150 valence electrons. The van der Waals surface area contributed by atoms with Crippen LogP contribution in [0.25, 0.3) is 0 Å². The highest BCUT2D eigenvalue weighted by Gasteiger charge is 2.17. The van der Waals surface area contributed by atoms with E-state index in [0.717, 1.165) is 23.1 Å². The molecule has 27 heavy (non-hydrogen) atoms. The average molecular weight is 441 g/mol. The maximum Gasteiger partial charge on any atom is 0.241 e. The number of hydrogen-bond acceptors (Lipinski definition) is 4. The predicted molar refractivity (Wildman–Crippen MR) is 110 cm³/mol. The predicted octanol–water partition coefficient (Wildman–Crippen LogP) is 1.77. The van der Waals surface area contributed by atoms with Crippen LogP contribution in [0.1, 0.15) is 18.9 Å². The van der Waals surface area contributed by atoms with E-state index in [0.29, 0.717) is 25.7 Å². The quantitative estimate of drug-likeness (QED) is 0.475. The summed E-state index contributed by atoms with van der Waals surface area (Å²) >= 11 is 3.43. The summed E-state index contributed by atoms with van der Waals surface area (Å²) in [5, 5.41) is 6.41. The zero-order valence-corrected chi connectivity index (χ0v) is 17.8. The molecule has 0 saturated carbocycles. The second-order valence-electron chi connectivity index (χ2n) is 6.80. The van der Waals surface area contributed by atoms with Crippen molar-refractivity contribution in [2.24, 2.45) is 4.99 Å². The van der Waals surface area contributed by atoms with E-state index in [4.69, 9.17) is 9.47 Å². The number of carbonyl (C=O) groups is 1. The first-order valence-corrected chi connectivity index (χ1v) is 9.92. The van der Waals surface area contributed by atoms with Gasteiger partial charge < -0.3 is 25.0 Å². The molecule has 7 nitrogen and oxygen atoms in total. The minimum Gasteiger partial charge on any atom is -0.379 e. The number of halogens is 1. The maximum atomic E-state index is 11.9. The third kappa shape index (κ3) is 8.28. The number of rotatable bonds is 8. The summed E-state index contributed by atoms with van der Waals surface area (Å²) in [6.45, 7) is 4.70. The van der Waals surface area contributed by atoms with Gasteiger partial charge in [0.25, 0.3) is 0 Å². The zero-order chi connectivity index (χ0) is 19.6. The summed E-state index contributed by atoms with van der Waals surface area (Å²) < 4.78 is 12.2. The standard InChI is InChI=1S/C19H29BrN4O3/c1-14(12-27-17-8-9-26-13-17)23-19(22-11-18(25)24(2)3)21-10-15-4-6-16(20)7-5-15/h4-7,14,17H,8-13H2,1-3H3,(H2,21,22,23). The molecular formula is C19H29BrN4O3. The number of nitrogens with one attached hydrogen (secondary N) is 2. The summed E-state index contributed by atoms with van der Waals surface area (Å²) in [5.41, 5.74) is 1.09. The van der Waals surface area contributed by atoms with E-state index in [1.54, 1.807) is 19.0 Å². The van der Waals surface area contributed by atoms with Crippen molar-refractivity contribution < 1.29 is 14.3 Å². The lowest BCUT2D eigenvalue weighted by Crippen LogP contribution is -2.47. The molecule has 0 aromatic heterocycles.